The van der Waals surface area contributed by atoms with E-state index in [4.69, 9.17) is 0 Å². The average Bonchev–Trinajstić information content (AvgIpc) is 2.76. The lowest BCUT2D eigenvalue weighted by Crippen LogP contribution is -2.18. The summed E-state index contributed by atoms with van der Waals surface area (Å²) in [7, 11) is 0. The average molecular weight is 233 g/mol. The summed E-state index contributed by atoms with van der Waals surface area (Å²) in [4.78, 5) is 19.4. The lowest BCUT2D eigenvalue weighted by molar-refractivity contribution is -0.119. The molecule has 0 aromatic carbocycles. The summed E-state index contributed by atoms with van der Waals surface area (Å²) in [6.07, 6.45) is 1.74. The quantitative estimate of drug-likeness (QED) is 0.880. The van der Waals surface area contributed by atoms with E-state index in [1.54, 1.807) is 6.20 Å². The summed E-state index contributed by atoms with van der Waals surface area (Å²) in [6.45, 7) is 1.96. The second kappa shape index (κ2) is 4.85. The number of aromatic nitrogens is 2. The van der Waals surface area contributed by atoms with Crippen molar-refractivity contribution in [2.24, 2.45) is 0 Å². The molecule has 0 atom stereocenters. The van der Waals surface area contributed by atoms with Gasteiger partial charge in [-0.25, -0.2) is 4.98 Å². The Morgan fingerprint density at radius 2 is 2.38 bits per heavy atom. The number of nitrogens with zero attached hydrogens (tertiary/aromatic N) is 2. The molecule has 4 nitrogen and oxygen atoms in total. The molecule has 0 radical (unpaired) electrons. The van der Waals surface area contributed by atoms with Gasteiger partial charge in [-0.15, -0.1) is 11.3 Å². The molecule has 0 unspecified atom stereocenters. The van der Waals surface area contributed by atoms with Crippen molar-refractivity contribution < 1.29 is 4.79 Å². The van der Waals surface area contributed by atoms with Crippen LogP contribution in [-0.2, 0) is 11.3 Å². The molecule has 0 spiro atoms. The Kier molecular flexibility index (Phi) is 3.26. The highest BCUT2D eigenvalue weighted by molar-refractivity contribution is 7.13. The Labute approximate surface area is 97.4 Å². The van der Waals surface area contributed by atoms with Gasteiger partial charge in [-0.2, -0.15) is 0 Å². The van der Waals surface area contributed by atoms with E-state index in [-0.39, 0.29) is 5.91 Å². The third kappa shape index (κ3) is 2.64. The molecule has 2 aromatic heterocycles. The maximum atomic E-state index is 10.7. The maximum absolute atomic E-state index is 10.7. The van der Waals surface area contributed by atoms with Gasteiger partial charge in [-0.05, 0) is 12.1 Å². The van der Waals surface area contributed by atoms with E-state index in [0.29, 0.717) is 6.54 Å². The summed E-state index contributed by atoms with van der Waals surface area (Å²) in [5, 5.41) is 5.52. The highest BCUT2D eigenvalue weighted by atomic mass is 32.1. The predicted molar refractivity (Wildman–Crippen MR) is 62.9 cm³/mol. The first-order valence-electron chi connectivity index (χ1n) is 4.86. The summed E-state index contributed by atoms with van der Waals surface area (Å²) in [5.41, 5.74) is 1.72. The third-order valence-corrected chi connectivity index (χ3v) is 2.87. The highest BCUT2D eigenvalue weighted by Crippen LogP contribution is 2.20. The number of pyridine rings is 1. The molecule has 2 rings (SSSR count). The summed E-state index contributed by atoms with van der Waals surface area (Å²) in [5.74, 6) is -0.0487. The second-order valence-corrected chi connectivity index (χ2v) is 4.13. The van der Waals surface area contributed by atoms with E-state index in [1.807, 2.05) is 23.6 Å². The molecule has 0 aliphatic carbocycles. The van der Waals surface area contributed by atoms with Gasteiger partial charge in [0, 0.05) is 18.5 Å². The Bertz CT molecular complexity index is 481. The van der Waals surface area contributed by atoms with Crippen LogP contribution < -0.4 is 5.32 Å². The summed E-state index contributed by atoms with van der Waals surface area (Å²) in [6, 6.07) is 5.72. The second-order valence-electron chi connectivity index (χ2n) is 3.27. The van der Waals surface area contributed by atoms with Crippen LogP contribution in [0.25, 0.3) is 10.7 Å². The number of carbonyl (C=O) groups is 1. The molecule has 16 heavy (non-hydrogen) atoms. The fourth-order valence-electron chi connectivity index (χ4n) is 1.21. The van der Waals surface area contributed by atoms with Crippen LogP contribution in [-0.4, -0.2) is 15.9 Å². The van der Waals surface area contributed by atoms with E-state index in [0.717, 1.165) is 16.4 Å². The van der Waals surface area contributed by atoms with E-state index < -0.39 is 0 Å². The predicted octanol–water partition coefficient (Wildman–Crippen LogP) is 1.84. The van der Waals surface area contributed by atoms with Crippen LogP contribution in [0.5, 0.6) is 0 Å². The van der Waals surface area contributed by atoms with Gasteiger partial charge in [0.2, 0.25) is 5.91 Å². The van der Waals surface area contributed by atoms with Crippen molar-refractivity contribution in [2.45, 2.75) is 13.5 Å². The molecule has 5 heteroatoms. The molecular formula is C11H11N3OS. The number of rotatable bonds is 3. The minimum atomic E-state index is -0.0487. The fourth-order valence-corrected chi connectivity index (χ4v) is 2.01. The Morgan fingerprint density at radius 3 is 3.06 bits per heavy atom. The number of amides is 1. The number of nitrogens with one attached hydrogen (secondary N) is 1. The van der Waals surface area contributed by atoms with Crippen LogP contribution >= 0.6 is 11.3 Å². The summed E-state index contributed by atoms with van der Waals surface area (Å²) >= 11 is 1.53. The van der Waals surface area contributed by atoms with Gasteiger partial charge in [0.15, 0.2) is 0 Å². The zero-order chi connectivity index (χ0) is 11.4. The molecular weight excluding hydrogens is 222 g/mol. The van der Waals surface area contributed by atoms with Gasteiger partial charge in [0.25, 0.3) is 0 Å². The van der Waals surface area contributed by atoms with Crippen LogP contribution in [0.4, 0.5) is 0 Å². The SMILES string of the molecule is CC(=O)NCc1csc(-c2ccccn2)n1. The molecule has 0 fully saturated rings. The van der Waals surface area contributed by atoms with Crippen molar-refractivity contribution in [2.75, 3.05) is 0 Å². The van der Waals surface area contributed by atoms with E-state index in [9.17, 15) is 4.79 Å². The van der Waals surface area contributed by atoms with Crippen molar-refractivity contribution in [3.8, 4) is 10.7 Å². The highest BCUT2D eigenvalue weighted by Gasteiger charge is 2.05. The van der Waals surface area contributed by atoms with Crippen molar-refractivity contribution in [1.29, 1.82) is 0 Å². The molecule has 1 N–H and O–H groups in total. The normalized spacial score (nSPS) is 10.1. The number of thiazole rings is 1. The topological polar surface area (TPSA) is 54.9 Å². The molecule has 0 saturated heterocycles. The Morgan fingerprint density at radius 1 is 1.50 bits per heavy atom. The molecule has 1 amide bonds. The van der Waals surface area contributed by atoms with E-state index >= 15 is 0 Å². The van der Waals surface area contributed by atoms with Crippen LogP contribution in [0.15, 0.2) is 29.8 Å². The molecule has 82 valence electrons. The molecule has 2 heterocycles. The molecule has 0 saturated carbocycles. The van der Waals surface area contributed by atoms with Crippen molar-refractivity contribution in [1.82, 2.24) is 15.3 Å². The lowest BCUT2D eigenvalue weighted by Gasteiger charge is -1.96. The van der Waals surface area contributed by atoms with Crippen LogP contribution in [0.2, 0.25) is 0 Å². The van der Waals surface area contributed by atoms with Crippen LogP contribution in [0.1, 0.15) is 12.6 Å². The van der Waals surface area contributed by atoms with Gasteiger partial charge >= 0.3 is 0 Å². The fraction of sp³-hybridized carbons (Fsp3) is 0.182. The zero-order valence-electron chi connectivity index (χ0n) is 8.80. The summed E-state index contributed by atoms with van der Waals surface area (Å²) < 4.78 is 0. The third-order valence-electron chi connectivity index (χ3n) is 1.95. The standard InChI is InChI=1S/C11H11N3OS/c1-8(15)13-6-9-7-16-11(14-9)10-4-2-3-5-12-10/h2-5,7H,6H2,1H3,(H,13,15). The van der Waals surface area contributed by atoms with Gasteiger partial charge < -0.3 is 5.32 Å². The first-order valence-corrected chi connectivity index (χ1v) is 5.74. The van der Waals surface area contributed by atoms with Crippen LogP contribution in [0, 0.1) is 0 Å². The van der Waals surface area contributed by atoms with Gasteiger partial charge in [-0.3, -0.25) is 9.78 Å². The zero-order valence-corrected chi connectivity index (χ0v) is 9.62. The van der Waals surface area contributed by atoms with E-state index in [1.165, 1.54) is 18.3 Å². The molecule has 0 aliphatic heterocycles. The van der Waals surface area contributed by atoms with Gasteiger partial charge in [0.05, 0.1) is 17.9 Å². The maximum Gasteiger partial charge on any atom is 0.217 e. The lowest BCUT2D eigenvalue weighted by atomic mass is 10.3. The van der Waals surface area contributed by atoms with Crippen LogP contribution in [0.3, 0.4) is 0 Å². The van der Waals surface area contributed by atoms with E-state index in [2.05, 4.69) is 15.3 Å². The van der Waals surface area contributed by atoms with Gasteiger partial charge in [-0.1, -0.05) is 6.07 Å². The Balaban J connectivity index is 2.11. The minimum Gasteiger partial charge on any atom is -0.351 e. The van der Waals surface area contributed by atoms with Crippen molar-refractivity contribution in [3.63, 3.8) is 0 Å². The largest absolute Gasteiger partial charge is 0.351 e. The van der Waals surface area contributed by atoms with Crippen molar-refractivity contribution in [3.05, 3.63) is 35.5 Å². The smallest absolute Gasteiger partial charge is 0.217 e. The molecule has 2 aromatic rings. The minimum absolute atomic E-state index is 0.0487. The molecule has 0 aliphatic rings. The first-order chi connectivity index (χ1) is 7.75. The molecule has 0 bridgehead atoms. The van der Waals surface area contributed by atoms with Crippen molar-refractivity contribution >= 4 is 17.2 Å². The van der Waals surface area contributed by atoms with Gasteiger partial charge in [0.1, 0.15) is 5.01 Å². The number of carbonyl (C=O) groups excluding carboxylic acids is 1. The number of hydrogen-bond donors (Lipinski definition) is 1. The first kappa shape index (κ1) is 10.8. The Hall–Kier alpha value is -1.75. The number of hydrogen-bond acceptors (Lipinski definition) is 4. The monoisotopic (exact) mass is 233 g/mol.